The summed E-state index contributed by atoms with van der Waals surface area (Å²) in [6, 6.07) is 15.0. The highest BCUT2D eigenvalue weighted by Crippen LogP contribution is 2.34. The molecule has 9 heteroatoms. The molecule has 0 bridgehead atoms. The molecule has 1 saturated heterocycles. The zero-order chi connectivity index (χ0) is 22.9. The Morgan fingerprint density at radius 1 is 1.18 bits per heavy atom. The average Bonchev–Trinajstić information content (AvgIpc) is 3.40. The van der Waals surface area contributed by atoms with Crippen LogP contribution in [0.4, 0.5) is 5.13 Å². The minimum atomic E-state index is -0.0776. The van der Waals surface area contributed by atoms with Gasteiger partial charge >= 0.3 is 0 Å². The molecule has 33 heavy (non-hydrogen) atoms. The number of fused-ring (bicyclic) bond motifs is 1. The van der Waals surface area contributed by atoms with Crippen molar-refractivity contribution in [2.45, 2.75) is 25.8 Å². The Balaban J connectivity index is 1.28. The Labute approximate surface area is 200 Å². The van der Waals surface area contributed by atoms with Crippen molar-refractivity contribution in [3.05, 3.63) is 64.8 Å². The number of nitrogens with one attached hydrogen (secondary N) is 1. The van der Waals surface area contributed by atoms with Crippen LogP contribution in [-0.4, -0.2) is 46.9 Å². The third-order valence-corrected chi connectivity index (χ3v) is 7.33. The van der Waals surface area contributed by atoms with E-state index in [0.29, 0.717) is 10.6 Å². The van der Waals surface area contributed by atoms with Crippen LogP contribution in [0.2, 0.25) is 5.02 Å². The van der Waals surface area contributed by atoms with Crippen molar-refractivity contribution in [1.82, 2.24) is 20.1 Å². The molecule has 0 saturated carbocycles. The topological polar surface area (TPSA) is 72.3 Å². The first-order valence-electron chi connectivity index (χ1n) is 10.8. The predicted octanol–water partition coefficient (Wildman–Crippen LogP) is 4.85. The van der Waals surface area contributed by atoms with Crippen LogP contribution in [0, 0.1) is 6.92 Å². The molecular formula is C24H24ClN5O2S. The van der Waals surface area contributed by atoms with Gasteiger partial charge in [-0.2, -0.15) is 10.1 Å². The lowest BCUT2D eigenvalue weighted by Crippen LogP contribution is -2.44. The van der Waals surface area contributed by atoms with Gasteiger partial charge in [-0.3, -0.25) is 4.79 Å². The highest BCUT2D eigenvalue weighted by Gasteiger charge is 2.25. The van der Waals surface area contributed by atoms with Gasteiger partial charge < -0.3 is 15.0 Å². The first-order chi connectivity index (χ1) is 16.0. The molecule has 1 amide bonds. The number of methoxy groups -OCH3 is 1. The average molecular weight is 482 g/mol. The summed E-state index contributed by atoms with van der Waals surface area (Å²) in [6.07, 6.45) is 1.73. The van der Waals surface area contributed by atoms with Crippen molar-refractivity contribution < 1.29 is 9.53 Å². The van der Waals surface area contributed by atoms with Crippen LogP contribution >= 0.6 is 22.9 Å². The second kappa shape index (κ2) is 9.03. The van der Waals surface area contributed by atoms with Gasteiger partial charge in [0.1, 0.15) is 5.75 Å². The monoisotopic (exact) mass is 481 g/mol. The maximum absolute atomic E-state index is 12.5. The lowest BCUT2D eigenvalue weighted by atomic mass is 10.0. The molecule has 0 atom stereocenters. The number of ether oxygens (including phenoxy) is 1. The van der Waals surface area contributed by atoms with Crippen molar-refractivity contribution in [2.24, 2.45) is 0 Å². The van der Waals surface area contributed by atoms with Crippen LogP contribution < -0.4 is 15.0 Å². The number of hydrogen-bond acceptors (Lipinski definition) is 6. The van der Waals surface area contributed by atoms with Gasteiger partial charge in [-0.15, -0.1) is 0 Å². The van der Waals surface area contributed by atoms with E-state index in [1.807, 2.05) is 35.9 Å². The first-order valence-corrected chi connectivity index (χ1v) is 12.0. The number of carbonyl (C=O) groups excluding carboxylic acids is 1. The number of hydrogen-bond donors (Lipinski definition) is 1. The molecule has 0 unspecified atom stereocenters. The molecule has 0 radical (unpaired) electrons. The zero-order valence-electron chi connectivity index (χ0n) is 18.4. The number of amides is 1. The van der Waals surface area contributed by atoms with E-state index in [1.54, 1.807) is 42.7 Å². The maximum Gasteiger partial charge on any atom is 0.251 e. The lowest BCUT2D eigenvalue weighted by molar-refractivity contribution is 0.0931. The van der Waals surface area contributed by atoms with Gasteiger partial charge in [-0.25, -0.2) is 4.68 Å². The van der Waals surface area contributed by atoms with Crippen molar-refractivity contribution in [1.29, 1.82) is 0 Å². The quantitative estimate of drug-likeness (QED) is 0.441. The van der Waals surface area contributed by atoms with Crippen molar-refractivity contribution in [3.63, 3.8) is 0 Å². The van der Waals surface area contributed by atoms with Crippen LogP contribution in [0.3, 0.4) is 0 Å². The van der Waals surface area contributed by atoms with Crippen LogP contribution in [-0.2, 0) is 0 Å². The predicted molar refractivity (Wildman–Crippen MR) is 132 cm³/mol. The molecule has 0 aliphatic carbocycles. The molecule has 1 aliphatic heterocycles. The number of benzene rings is 2. The molecule has 2 aromatic carbocycles. The third kappa shape index (κ3) is 4.41. The van der Waals surface area contributed by atoms with Gasteiger partial charge in [0.15, 0.2) is 10.8 Å². The summed E-state index contributed by atoms with van der Waals surface area (Å²) < 4.78 is 8.25. The largest absolute Gasteiger partial charge is 0.497 e. The summed E-state index contributed by atoms with van der Waals surface area (Å²) in [5.41, 5.74) is 3.38. The zero-order valence-corrected chi connectivity index (χ0v) is 20.0. The summed E-state index contributed by atoms with van der Waals surface area (Å²) in [5, 5.41) is 9.39. The Bertz CT molecular complexity index is 1290. The Kier molecular flexibility index (Phi) is 5.95. The van der Waals surface area contributed by atoms with Crippen molar-refractivity contribution >= 4 is 44.3 Å². The van der Waals surface area contributed by atoms with E-state index in [0.717, 1.165) is 58.5 Å². The Morgan fingerprint density at radius 3 is 2.64 bits per heavy atom. The number of carbonyl (C=O) groups is 1. The number of nitrogens with zero attached hydrogens (tertiary/aromatic N) is 4. The fourth-order valence-corrected chi connectivity index (χ4v) is 5.30. The highest BCUT2D eigenvalue weighted by molar-refractivity contribution is 7.22. The van der Waals surface area contributed by atoms with Gasteiger partial charge in [0, 0.05) is 29.7 Å². The van der Waals surface area contributed by atoms with Crippen LogP contribution in [0.1, 0.15) is 28.9 Å². The SMILES string of the molecule is COc1ccc(-n2nc(C)c3sc(N4CCC(NC(=O)c5cccc(Cl)c5)CC4)nc32)cc1. The molecule has 170 valence electrons. The second-order valence-corrected chi connectivity index (χ2v) is 9.50. The minimum absolute atomic E-state index is 0.0776. The van der Waals surface area contributed by atoms with Crippen molar-refractivity contribution in [2.75, 3.05) is 25.1 Å². The smallest absolute Gasteiger partial charge is 0.251 e. The normalized spacial score (nSPS) is 14.6. The summed E-state index contributed by atoms with van der Waals surface area (Å²) >= 11 is 7.69. The number of piperidine rings is 1. The fraction of sp³-hybridized carbons (Fsp3) is 0.292. The summed E-state index contributed by atoms with van der Waals surface area (Å²) in [5.74, 6) is 0.731. The Morgan fingerprint density at radius 2 is 1.94 bits per heavy atom. The molecule has 1 fully saturated rings. The van der Waals surface area contributed by atoms with E-state index < -0.39 is 0 Å². The molecular weight excluding hydrogens is 458 g/mol. The van der Waals surface area contributed by atoms with E-state index in [-0.39, 0.29) is 11.9 Å². The molecule has 1 N–H and O–H groups in total. The van der Waals surface area contributed by atoms with Crippen LogP contribution in [0.5, 0.6) is 5.75 Å². The molecule has 4 aromatic rings. The fourth-order valence-electron chi connectivity index (χ4n) is 4.08. The van der Waals surface area contributed by atoms with Crippen LogP contribution in [0.25, 0.3) is 16.0 Å². The maximum atomic E-state index is 12.5. The number of anilines is 1. The molecule has 0 spiro atoms. The molecule has 3 heterocycles. The number of halogens is 1. The molecule has 2 aromatic heterocycles. The number of aryl methyl sites for hydroxylation is 1. The van der Waals surface area contributed by atoms with Crippen molar-refractivity contribution in [3.8, 4) is 11.4 Å². The van der Waals surface area contributed by atoms with Gasteiger partial charge in [0.25, 0.3) is 5.91 Å². The molecule has 7 nitrogen and oxygen atoms in total. The number of thiazole rings is 1. The third-order valence-electron chi connectivity index (χ3n) is 5.88. The number of rotatable bonds is 5. The standard InChI is InChI=1S/C24H24ClN5O2S/c1-15-21-22(30(28-15)19-6-8-20(32-2)9-7-19)27-24(33-21)29-12-10-18(11-13-29)26-23(31)16-4-3-5-17(25)14-16/h3-9,14,18H,10-13H2,1-2H3,(H,26,31). The summed E-state index contributed by atoms with van der Waals surface area (Å²) in [6.45, 7) is 3.69. The van der Waals surface area contributed by atoms with E-state index in [2.05, 4.69) is 15.3 Å². The molecule has 5 rings (SSSR count). The van der Waals surface area contributed by atoms with E-state index in [9.17, 15) is 4.79 Å². The van der Waals surface area contributed by atoms with Gasteiger partial charge in [0.2, 0.25) is 0 Å². The van der Waals surface area contributed by atoms with E-state index >= 15 is 0 Å². The van der Waals surface area contributed by atoms with Gasteiger partial charge in [-0.1, -0.05) is 29.0 Å². The van der Waals surface area contributed by atoms with E-state index in [1.165, 1.54) is 0 Å². The van der Waals surface area contributed by atoms with Gasteiger partial charge in [0.05, 0.1) is 23.2 Å². The number of aromatic nitrogens is 3. The first kappa shape index (κ1) is 21.7. The highest BCUT2D eigenvalue weighted by atomic mass is 35.5. The second-order valence-electron chi connectivity index (χ2n) is 8.09. The van der Waals surface area contributed by atoms with E-state index in [4.69, 9.17) is 21.3 Å². The van der Waals surface area contributed by atoms with Gasteiger partial charge in [-0.05, 0) is 62.2 Å². The Hall–Kier alpha value is -3.10. The van der Waals surface area contributed by atoms with Crippen LogP contribution in [0.15, 0.2) is 48.5 Å². The summed E-state index contributed by atoms with van der Waals surface area (Å²) in [7, 11) is 1.66. The lowest BCUT2D eigenvalue weighted by Gasteiger charge is -2.32. The summed E-state index contributed by atoms with van der Waals surface area (Å²) in [4.78, 5) is 19.8. The minimum Gasteiger partial charge on any atom is -0.497 e. The molecule has 1 aliphatic rings.